The Morgan fingerprint density at radius 3 is 2.42 bits per heavy atom. The highest BCUT2D eigenvalue weighted by molar-refractivity contribution is 7.92. The van der Waals surface area contributed by atoms with Crippen molar-refractivity contribution < 1.29 is 22.7 Å². The molecule has 1 N–H and O–H groups in total. The van der Waals surface area contributed by atoms with Crippen LogP contribution in [0.1, 0.15) is 21.5 Å². The standard InChI is InChI=1S/C22H27N3O5S/c1-16-7-6-10-20(17(16)2)25(31(3,28)29)15-21(26)23-19-9-5-4-8-18(19)22(27)24-11-13-30-14-12-24/h4-10H,11-15H2,1-3H3,(H,23,26). The van der Waals surface area contributed by atoms with Crippen LogP contribution in [0, 0.1) is 13.8 Å². The Balaban J connectivity index is 1.82. The summed E-state index contributed by atoms with van der Waals surface area (Å²) < 4.78 is 31.2. The van der Waals surface area contributed by atoms with Crippen LogP contribution in [-0.2, 0) is 19.6 Å². The van der Waals surface area contributed by atoms with Gasteiger partial charge in [0.2, 0.25) is 15.9 Å². The number of ether oxygens (including phenoxy) is 1. The van der Waals surface area contributed by atoms with E-state index < -0.39 is 22.5 Å². The van der Waals surface area contributed by atoms with Crippen molar-refractivity contribution in [3.8, 4) is 0 Å². The second-order valence-corrected chi connectivity index (χ2v) is 9.39. The van der Waals surface area contributed by atoms with Gasteiger partial charge in [-0.1, -0.05) is 24.3 Å². The topological polar surface area (TPSA) is 96.0 Å². The van der Waals surface area contributed by atoms with Crippen LogP contribution in [-0.4, -0.2) is 64.2 Å². The van der Waals surface area contributed by atoms with Gasteiger partial charge in [0.15, 0.2) is 0 Å². The highest BCUT2D eigenvalue weighted by Gasteiger charge is 2.25. The van der Waals surface area contributed by atoms with Crippen molar-refractivity contribution in [2.75, 3.05) is 48.7 Å². The lowest BCUT2D eigenvalue weighted by atomic mass is 10.1. The summed E-state index contributed by atoms with van der Waals surface area (Å²) >= 11 is 0. The zero-order valence-electron chi connectivity index (χ0n) is 17.9. The van der Waals surface area contributed by atoms with Crippen LogP contribution < -0.4 is 9.62 Å². The Hall–Kier alpha value is -2.91. The highest BCUT2D eigenvalue weighted by atomic mass is 32.2. The Kier molecular flexibility index (Phi) is 6.97. The molecule has 2 aromatic carbocycles. The van der Waals surface area contributed by atoms with Gasteiger partial charge in [-0.05, 0) is 43.2 Å². The van der Waals surface area contributed by atoms with Crippen molar-refractivity contribution in [3.63, 3.8) is 0 Å². The predicted octanol–water partition coefficient (Wildman–Crippen LogP) is 2.18. The van der Waals surface area contributed by atoms with Crippen LogP contribution in [0.3, 0.4) is 0 Å². The van der Waals surface area contributed by atoms with E-state index in [-0.39, 0.29) is 5.91 Å². The first-order chi connectivity index (χ1) is 14.7. The fourth-order valence-corrected chi connectivity index (χ4v) is 4.33. The molecule has 166 valence electrons. The number of nitrogens with one attached hydrogen (secondary N) is 1. The molecule has 1 heterocycles. The van der Waals surface area contributed by atoms with E-state index in [1.807, 2.05) is 19.9 Å². The van der Waals surface area contributed by atoms with Gasteiger partial charge in [-0.2, -0.15) is 0 Å². The van der Waals surface area contributed by atoms with Gasteiger partial charge < -0.3 is 15.0 Å². The number of carbonyl (C=O) groups excluding carboxylic acids is 2. The van der Waals surface area contributed by atoms with Crippen molar-refractivity contribution in [1.82, 2.24) is 4.90 Å². The van der Waals surface area contributed by atoms with E-state index in [1.54, 1.807) is 41.3 Å². The molecule has 3 rings (SSSR count). The van der Waals surface area contributed by atoms with Crippen LogP contribution in [0.2, 0.25) is 0 Å². The molecule has 0 saturated carbocycles. The van der Waals surface area contributed by atoms with Crippen molar-refractivity contribution in [1.29, 1.82) is 0 Å². The van der Waals surface area contributed by atoms with Gasteiger partial charge in [0.1, 0.15) is 6.54 Å². The lowest BCUT2D eigenvalue weighted by Crippen LogP contribution is -2.41. The van der Waals surface area contributed by atoms with E-state index in [1.165, 1.54) is 0 Å². The molecule has 2 amide bonds. The zero-order chi connectivity index (χ0) is 22.6. The molecule has 8 nitrogen and oxygen atoms in total. The number of carbonyl (C=O) groups is 2. The molecule has 1 saturated heterocycles. The summed E-state index contributed by atoms with van der Waals surface area (Å²) in [4.78, 5) is 27.4. The number of morpholine rings is 1. The molecule has 0 bridgehead atoms. The normalized spacial score (nSPS) is 14.2. The lowest BCUT2D eigenvalue weighted by Gasteiger charge is -2.28. The molecule has 0 radical (unpaired) electrons. The molecule has 1 aliphatic heterocycles. The maximum atomic E-state index is 12.9. The molecule has 0 unspecified atom stereocenters. The number of sulfonamides is 1. The third-order valence-corrected chi connectivity index (χ3v) is 6.39. The van der Waals surface area contributed by atoms with Gasteiger partial charge in [0.05, 0.1) is 36.4 Å². The first kappa shape index (κ1) is 22.8. The Morgan fingerprint density at radius 1 is 1.06 bits per heavy atom. The average molecular weight is 446 g/mol. The molecule has 2 aromatic rings. The van der Waals surface area contributed by atoms with Crippen molar-refractivity contribution in [2.24, 2.45) is 0 Å². The van der Waals surface area contributed by atoms with E-state index in [0.29, 0.717) is 43.2 Å². The summed E-state index contributed by atoms with van der Waals surface area (Å²) in [5.74, 6) is -0.734. The Morgan fingerprint density at radius 2 is 1.74 bits per heavy atom. The molecule has 0 aliphatic carbocycles. The number of anilines is 2. The van der Waals surface area contributed by atoms with E-state index in [9.17, 15) is 18.0 Å². The molecule has 1 fully saturated rings. The maximum absolute atomic E-state index is 12.9. The number of amides is 2. The predicted molar refractivity (Wildman–Crippen MR) is 120 cm³/mol. The molecule has 31 heavy (non-hydrogen) atoms. The van der Waals surface area contributed by atoms with Crippen LogP contribution in [0.5, 0.6) is 0 Å². The molecule has 1 aliphatic rings. The number of benzene rings is 2. The SMILES string of the molecule is Cc1cccc(N(CC(=O)Nc2ccccc2C(=O)N2CCOCC2)S(C)(=O)=O)c1C. The number of para-hydroxylation sites is 1. The molecule has 0 atom stereocenters. The monoisotopic (exact) mass is 445 g/mol. The maximum Gasteiger partial charge on any atom is 0.256 e. The summed E-state index contributed by atoms with van der Waals surface area (Å²) in [6.45, 7) is 5.21. The second-order valence-electron chi connectivity index (χ2n) is 7.49. The summed E-state index contributed by atoms with van der Waals surface area (Å²) in [7, 11) is -3.70. The van der Waals surface area contributed by atoms with Crippen LogP contribution in [0.15, 0.2) is 42.5 Å². The third kappa shape index (κ3) is 5.42. The summed E-state index contributed by atoms with van der Waals surface area (Å²) in [6.07, 6.45) is 1.07. The smallest absolute Gasteiger partial charge is 0.256 e. The quantitative estimate of drug-likeness (QED) is 0.735. The summed E-state index contributed by atoms with van der Waals surface area (Å²) in [5.41, 5.74) is 2.86. The number of hydrogen-bond acceptors (Lipinski definition) is 5. The fraction of sp³-hybridized carbons (Fsp3) is 0.364. The average Bonchev–Trinajstić information content (AvgIpc) is 2.74. The number of rotatable bonds is 6. The Bertz CT molecular complexity index is 1080. The van der Waals surface area contributed by atoms with E-state index in [4.69, 9.17) is 4.74 Å². The first-order valence-corrected chi connectivity index (χ1v) is 11.8. The second kappa shape index (κ2) is 9.49. The van der Waals surface area contributed by atoms with Gasteiger partial charge in [-0.15, -0.1) is 0 Å². The molecular weight excluding hydrogens is 418 g/mol. The summed E-state index contributed by atoms with van der Waals surface area (Å²) in [6, 6.07) is 12.0. The van der Waals surface area contributed by atoms with Crippen molar-refractivity contribution in [2.45, 2.75) is 13.8 Å². The van der Waals surface area contributed by atoms with E-state index in [0.717, 1.165) is 21.7 Å². The Labute approximate surface area is 182 Å². The molecule has 0 aromatic heterocycles. The van der Waals surface area contributed by atoms with Crippen LogP contribution in [0.4, 0.5) is 11.4 Å². The number of hydrogen-bond donors (Lipinski definition) is 1. The van der Waals surface area contributed by atoms with Gasteiger partial charge in [0.25, 0.3) is 5.91 Å². The van der Waals surface area contributed by atoms with Gasteiger partial charge in [-0.3, -0.25) is 13.9 Å². The number of nitrogens with zero attached hydrogens (tertiary/aromatic N) is 2. The summed E-state index contributed by atoms with van der Waals surface area (Å²) in [5, 5.41) is 2.71. The lowest BCUT2D eigenvalue weighted by molar-refractivity contribution is -0.114. The molecule has 9 heteroatoms. The van der Waals surface area contributed by atoms with Crippen LogP contribution >= 0.6 is 0 Å². The van der Waals surface area contributed by atoms with Gasteiger partial charge in [-0.25, -0.2) is 8.42 Å². The minimum atomic E-state index is -3.70. The van der Waals surface area contributed by atoms with Crippen LogP contribution in [0.25, 0.3) is 0 Å². The largest absolute Gasteiger partial charge is 0.378 e. The molecular formula is C22H27N3O5S. The minimum absolute atomic E-state index is 0.200. The number of aryl methyl sites for hydroxylation is 1. The first-order valence-electron chi connectivity index (χ1n) is 9.98. The van der Waals surface area contributed by atoms with Gasteiger partial charge >= 0.3 is 0 Å². The highest BCUT2D eigenvalue weighted by Crippen LogP contribution is 2.25. The van der Waals surface area contributed by atoms with Gasteiger partial charge in [0, 0.05) is 13.1 Å². The minimum Gasteiger partial charge on any atom is -0.378 e. The fourth-order valence-electron chi connectivity index (χ4n) is 3.42. The van der Waals surface area contributed by atoms with Crippen molar-refractivity contribution in [3.05, 3.63) is 59.2 Å². The van der Waals surface area contributed by atoms with Crippen molar-refractivity contribution >= 4 is 33.2 Å². The van der Waals surface area contributed by atoms with E-state index >= 15 is 0 Å². The zero-order valence-corrected chi connectivity index (χ0v) is 18.7. The third-order valence-electron chi connectivity index (χ3n) is 5.26. The van der Waals surface area contributed by atoms with E-state index in [2.05, 4.69) is 5.32 Å². The molecule has 0 spiro atoms.